The second kappa shape index (κ2) is 4.22. The molecule has 3 heteroatoms. The van der Waals surface area contributed by atoms with Gasteiger partial charge in [0.25, 0.3) is 0 Å². The van der Waals surface area contributed by atoms with E-state index in [1.54, 1.807) is 0 Å². The molecular formula is C14H21N3. The van der Waals surface area contributed by atoms with Crippen molar-refractivity contribution in [2.75, 3.05) is 36.8 Å². The van der Waals surface area contributed by atoms with Crippen molar-refractivity contribution in [2.24, 2.45) is 0 Å². The molecule has 2 heterocycles. The first-order valence-electron chi connectivity index (χ1n) is 6.58. The lowest BCUT2D eigenvalue weighted by Crippen LogP contribution is -2.50. The Morgan fingerprint density at radius 3 is 2.88 bits per heavy atom. The second-order valence-corrected chi connectivity index (χ2v) is 5.38. The SMILES string of the molecule is Cc1cc(N)cc(N2CCN3CCCC3C2)c1. The van der Waals surface area contributed by atoms with Crippen molar-refractivity contribution < 1.29 is 0 Å². The number of fused-ring (bicyclic) bond motifs is 1. The average molecular weight is 231 g/mol. The van der Waals surface area contributed by atoms with Crippen molar-refractivity contribution in [1.82, 2.24) is 4.90 Å². The number of piperazine rings is 1. The lowest BCUT2D eigenvalue weighted by molar-refractivity contribution is 0.231. The highest BCUT2D eigenvalue weighted by Gasteiger charge is 2.30. The number of nitrogens with two attached hydrogens (primary N) is 1. The largest absolute Gasteiger partial charge is 0.399 e. The van der Waals surface area contributed by atoms with Crippen molar-refractivity contribution in [2.45, 2.75) is 25.8 Å². The van der Waals surface area contributed by atoms with E-state index < -0.39 is 0 Å². The van der Waals surface area contributed by atoms with Gasteiger partial charge in [0.05, 0.1) is 0 Å². The first kappa shape index (κ1) is 10.9. The molecule has 1 atom stereocenters. The zero-order valence-electron chi connectivity index (χ0n) is 10.5. The Labute approximate surface area is 103 Å². The summed E-state index contributed by atoms with van der Waals surface area (Å²) < 4.78 is 0. The molecular weight excluding hydrogens is 210 g/mol. The molecule has 0 aromatic heterocycles. The zero-order chi connectivity index (χ0) is 11.8. The van der Waals surface area contributed by atoms with Crippen LogP contribution in [0.1, 0.15) is 18.4 Å². The third-order valence-electron chi connectivity index (χ3n) is 4.04. The Kier molecular flexibility index (Phi) is 2.71. The topological polar surface area (TPSA) is 32.5 Å². The van der Waals surface area contributed by atoms with Crippen molar-refractivity contribution >= 4 is 11.4 Å². The number of rotatable bonds is 1. The molecule has 1 aromatic rings. The maximum absolute atomic E-state index is 5.94. The fraction of sp³-hybridized carbons (Fsp3) is 0.571. The van der Waals surface area contributed by atoms with Gasteiger partial charge in [0, 0.05) is 37.1 Å². The maximum Gasteiger partial charge on any atom is 0.0390 e. The summed E-state index contributed by atoms with van der Waals surface area (Å²) >= 11 is 0. The van der Waals surface area contributed by atoms with Crippen molar-refractivity contribution in [1.29, 1.82) is 0 Å². The Balaban J connectivity index is 1.80. The van der Waals surface area contributed by atoms with Crippen LogP contribution in [0, 0.1) is 6.92 Å². The molecule has 0 saturated carbocycles. The molecule has 2 saturated heterocycles. The molecule has 2 aliphatic rings. The molecule has 0 aliphatic carbocycles. The Bertz CT molecular complexity index is 396. The summed E-state index contributed by atoms with van der Waals surface area (Å²) in [4.78, 5) is 5.13. The van der Waals surface area contributed by atoms with E-state index in [1.165, 1.54) is 43.7 Å². The number of nitrogen functional groups attached to an aromatic ring is 1. The highest BCUT2D eigenvalue weighted by atomic mass is 15.3. The molecule has 2 fully saturated rings. The molecule has 0 spiro atoms. The Morgan fingerprint density at radius 2 is 2.06 bits per heavy atom. The lowest BCUT2D eigenvalue weighted by Gasteiger charge is -2.39. The van der Waals surface area contributed by atoms with Crippen LogP contribution in [0.5, 0.6) is 0 Å². The van der Waals surface area contributed by atoms with Crippen LogP contribution < -0.4 is 10.6 Å². The molecule has 2 N–H and O–H groups in total. The van der Waals surface area contributed by atoms with Gasteiger partial charge in [-0.2, -0.15) is 0 Å². The number of nitrogens with zero attached hydrogens (tertiary/aromatic N) is 2. The van der Waals surface area contributed by atoms with Gasteiger partial charge in [0.2, 0.25) is 0 Å². The monoisotopic (exact) mass is 231 g/mol. The van der Waals surface area contributed by atoms with Crippen LogP contribution in [0.15, 0.2) is 18.2 Å². The quantitative estimate of drug-likeness (QED) is 0.749. The van der Waals surface area contributed by atoms with Gasteiger partial charge < -0.3 is 10.6 Å². The summed E-state index contributed by atoms with van der Waals surface area (Å²) in [6.07, 6.45) is 2.73. The molecule has 92 valence electrons. The van der Waals surface area contributed by atoms with Gasteiger partial charge in [0.1, 0.15) is 0 Å². The molecule has 2 aliphatic heterocycles. The normalized spacial score (nSPS) is 25.0. The van der Waals surface area contributed by atoms with Crippen LogP contribution in [0.2, 0.25) is 0 Å². The first-order chi connectivity index (χ1) is 8.22. The van der Waals surface area contributed by atoms with E-state index in [-0.39, 0.29) is 0 Å². The highest BCUT2D eigenvalue weighted by Crippen LogP contribution is 2.27. The van der Waals surface area contributed by atoms with Crippen LogP contribution in [0.3, 0.4) is 0 Å². The molecule has 3 rings (SSSR count). The summed E-state index contributed by atoms with van der Waals surface area (Å²) in [7, 11) is 0. The molecule has 1 unspecified atom stereocenters. The second-order valence-electron chi connectivity index (χ2n) is 5.38. The van der Waals surface area contributed by atoms with Crippen LogP contribution >= 0.6 is 0 Å². The molecule has 3 nitrogen and oxygen atoms in total. The third-order valence-corrected chi connectivity index (χ3v) is 4.04. The van der Waals surface area contributed by atoms with Crippen LogP contribution in [-0.2, 0) is 0 Å². The van der Waals surface area contributed by atoms with Crippen molar-refractivity contribution in [3.8, 4) is 0 Å². The summed E-state index contributed by atoms with van der Waals surface area (Å²) in [6.45, 7) is 6.93. The first-order valence-corrected chi connectivity index (χ1v) is 6.58. The Hall–Kier alpha value is -1.22. The van der Waals surface area contributed by atoms with E-state index in [9.17, 15) is 0 Å². The summed E-state index contributed by atoms with van der Waals surface area (Å²) in [6, 6.07) is 7.17. The predicted octanol–water partition coefficient (Wildman–Crippen LogP) is 1.86. The lowest BCUT2D eigenvalue weighted by atomic mass is 10.1. The van der Waals surface area contributed by atoms with E-state index >= 15 is 0 Å². The van der Waals surface area contributed by atoms with E-state index in [4.69, 9.17) is 5.73 Å². The summed E-state index contributed by atoms with van der Waals surface area (Å²) in [5.41, 5.74) is 9.38. The maximum atomic E-state index is 5.94. The van der Waals surface area contributed by atoms with Gasteiger partial charge in [-0.3, -0.25) is 4.90 Å². The number of hydrogen-bond acceptors (Lipinski definition) is 3. The summed E-state index contributed by atoms with van der Waals surface area (Å²) in [5, 5.41) is 0. The van der Waals surface area contributed by atoms with Crippen molar-refractivity contribution in [3.05, 3.63) is 23.8 Å². The van der Waals surface area contributed by atoms with E-state index in [0.29, 0.717) is 0 Å². The molecule has 0 radical (unpaired) electrons. The van der Waals surface area contributed by atoms with Gasteiger partial charge in [0.15, 0.2) is 0 Å². The van der Waals surface area contributed by atoms with Gasteiger partial charge in [-0.25, -0.2) is 0 Å². The smallest absolute Gasteiger partial charge is 0.0390 e. The highest BCUT2D eigenvalue weighted by molar-refractivity contribution is 5.58. The number of hydrogen-bond donors (Lipinski definition) is 1. The van der Waals surface area contributed by atoms with Crippen LogP contribution in [-0.4, -0.2) is 37.1 Å². The van der Waals surface area contributed by atoms with Gasteiger partial charge in [-0.15, -0.1) is 0 Å². The third kappa shape index (κ3) is 2.12. The molecule has 1 aromatic carbocycles. The number of benzene rings is 1. The molecule has 0 bridgehead atoms. The minimum Gasteiger partial charge on any atom is -0.399 e. The predicted molar refractivity (Wildman–Crippen MR) is 72.4 cm³/mol. The van der Waals surface area contributed by atoms with Crippen molar-refractivity contribution in [3.63, 3.8) is 0 Å². The van der Waals surface area contributed by atoms with Gasteiger partial charge in [-0.05, 0) is 50.1 Å². The van der Waals surface area contributed by atoms with Crippen LogP contribution in [0.25, 0.3) is 0 Å². The standard InChI is InChI=1S/C14H21N3/c1-11-7-12(15)9-14(8-11)17-6-5-16-4-2-3-13(16)10-17/h7-9,13H,2-6,10,15H2,1H3. The number of anilines is 2. The fourth-order valence-corrected chi connectivity index (χ4v) is 3.20. The summed E-state index contributed by atoms with van der Waals surface area (Å²) in [5.74, 6) is 0. The van der Waals surface area contributed by atoms with E-state index in [1.807, 2.05) is 6.07 Å². The fourth-order valence-electron chi connectivity index (χ4n) is 3.20. The minimum atomic E-state index is 0.769. The van der Waals surface area contributed by atoms with Gasteiger partial charge in [-0.1, -0.05) is 0 Å². The van der Waals surface area contributed by atoms with E-state index in [2.05, 4.69) is 28.9 Å². The zero-order valence-corrected chi connectivity index (χ0v) is 10.5. The Morgan fingerprint density at radius 1 is 1.18 bits per heavy atom. The van der Waals surface area contributed by atoms with E-state index in [0.717, 1.165) is 18.3 Å². The molecule has 0 amide bonds. The number of aryl methyl sites for hydroxylation is 1. The van der Waals surface area contributed by atoms with Gasteiger partial charge >= 0.3 is 0 Å². The molecule has 17 heavy (non-hydrogen) atoms. The van der Waals surface area contributed by atoms with Crippen LogP contribution in [0.4, 0.5) is 11.4 Å². The minimum absolute atomic E-state index is 0.769. The average Bonchev–Trinajstić information content (AvgIpc) is 2.74.